The standard InChI is InChI=1S/C33H44N6O3/c1-3-4-14-29-36-30-31(27-12-5-6-13-28(27)35-32(30)34)39(29)18-9-17-38(16-8-15-37-19-21-42-22-20-37)24-25-10-7-11-26(23-25)33(40)41-2/h5-7,10-13,23H,3-4,8-9,14-22,24H2,1-2H3,(H2,34,35). The van der Waals surface area contributed by atoms with Crippen molar-refractivity contribution in [2.24, 2.45) is 0 Å². The van der Waals surface area contributed by atoms with Gasteiger partial charge in [-0.25, -0.2) is 14.8 Å². The van der Waals surface area contributed by atoms with Crippen molar-refractivity contribution >= 4 is 33.7 Å². The number of nitrogens with zero attached hydrogens (tertiary/aromatic N) is 5. The summed E-state index contributed by atoms with van der Waals surface area (Å²) in [4.78, 5) is 26.8. The van der Waals surface area contributed by atoms with Crippen LogP contribution in [0.2, 0.25) is 0 Å². The van der Waals surface area contributed by atoms with Crippen LogP contribution in [0.15, 0.2) is 48.5 Å². The molecule has 1 aliphatic rings. The van der Waals surface area contributed by atoms with Crippen LogP contribution < -0.4 is 5.73 Å². The van der Waals surface area contributed by atoms with Gasteiger partial charge in [0.05, 0.1) is 36.9 Å². The number of unbranched alkanes of at least 4 members (excludes halogenated alkanes) is 1. The lowest BCUT2D eigenvalue weighted by molar-refractivity contribution is 0.0359. The van der Waals surface area contributed by atoms with Crippen molar-refractivity contribution in [3.63, 3.8) is 0 Å². The maximum absolute atomic E-state index is 12.2. The summed E-state index contributed by atoms with van der Waals surface area (Å²) in [7, 11) is 1.43. The molecule has 42 heavy (non-hydrogen) atoms. The van der Waals surface area contributed by atoms with Gasteiger partial charge in [0.15, 0.2) is 5.82 Å². The van der Waals surface area contributed by atoms with E-state index in [1.807, 2.05) is 30.3 Å². The Balaban J connectivity index is 1.34. The SMILES string of the molecule is CCCCc1nc2c(N)nc3ccccc3c2n1CCCN(CCCN1CCOCC1)Cc1cccc(C(=O)OC)c1. The molecule has 1 aliphatic heterocycles. The number of nitrogen functional groups attached to an aromatic ring is 1. The van der Waals surface area contributed by atoms with E-state index in [9.17, 15) is 4.79 Å². The second-order valence-electron chi connectivity index (χ2n) is 11.1. The van der Waals surface area contributed by atoms with E-state index >= 15 is 0 Å². The number of morpholine rings is 1. The first-order valence-corrected chi connectivity index (χ1v) is 15.3. The lowest BCUT2D eigenvalue weighted by atomic mass is 10.1. The number of pyridine rings is 1. The Morgan fingerprint density at radius 2 is 1.81 bits per heavy atom. The summed E-state index contributed by atoms with van der Waals surface area (Å²) >= 11 is 0. The lowest BCUT2D eigenvalue weighted by Crippen LogP contribution is -2.38. The van der Waals surface area contributed by atoms with Crippen molar-refractivity contribution in [3.05, 3.63) is 65.5 Å². The van der Waals surface area contributed by atoms with E-state index in [1.165, 1.54) is 7.11 Å². The molecule has 1 fully saturated rings. The molecule has 0 unspecified atom stereocenters. The lowest BCUT2D eigenvalue weighted by Gasteiger charge is -2.28. The fraction of sp³-hybridized carbons (Fsp3) is 0.485. The van der Waals surface area contributed by atoms with Crippen LogP contribution in [0.4, 0.5) is 5.82 Å². The summed E-state index contributed by atoms with van der Waals surface area (Å²) in [5.74, 6) is 1.28. The van der Waals surface area contributed by atoms with Crippen molar-refractivity contribution in [1.82, 2.24) is 24.3 Å². The highest BCUT2D eigenvalue weighted by atomic mass is 16.5. The van der Waals surface area contributed by atoms with Gasteiger partial charge in [-0.15, -0.1) is 0 Å². The monoisotopic (exact) mass is 572 g/mol. The van der Waals surface area contributed by atoms with Crippen LogP contribution in [-0.2, 0) is 29.0 Å². The summed E-state index contributed by atoms with van der Waals surface area (Å²) in [6, 6.07) is 16.0. The van der Waals surface area contributed by atoms with E-state index in [1.54, 1.807) is 0 Å². The number of aryl methyl sites for hydroxylation is 2. The summed E-state index contributed by atoms with van der Waals surface area (Å²) in [6.07, 6.45) is 5.16. The number of para-hydroxylation sites is 1. The Morgan fingerprint density at radius 1 is 1.02 bits per heavy atom. The molecule has 9 nitrogen and oxygen atoms in total. The smallest absolute Gasteiger partial charge is 0.337 e. The van der Waals surface area contributed by atoms with Gasteiger partial charge in [0, 0.05) is 44.5 Å². The van der Waals surface area contributed by atoms with E-state index < -0.39 is 0 Å². The van der Waals surface area contributed by atoms with Gasteiger partial charge in [-0.1, -0.05) is 43.7 Å². The van der Waals surface area contributed by atoms with Crippen molar-refractivity contribution in [2.75, 3.05) is 58.8 Å². The third kappa shape index (κ3) is 7.27. The van der Waals surface area contributed by atoms with Gasteiger partial charge in [0.1, 0.15) is 11.3 Å². The molecular weight excluding hydrogens is 528 g/mol. The molecule has 0 radical (unpaired) electrons. The van der Waals surface area contributed by atoms with Crippen molar-refractivity contribution in [2.45, 2.75) is 52.1 Å². The third-order valence-electron chi connectivity index (χ3n) is 8.11. The Labute approximate surface area is 248 Å². The second kappa shape index (κ2) is 14.6. The number of nitrogens with two attached hydrogens (primary N) is 1. The van der Waals surface area contributed by atoms with Crippen LogP contribution in [-0.4, -0.2) is 83.4 Å². The summed E-state index contributed by atoms with van der Waals surface area (Å²) < 4.78 is 12.9. The number of esters is 1. The highest BCUT2D eigenvalue weighted by Gasteiger charge is 2.18. The molecule has 0 aliphatic carbocycles. The largest absolute Gasteiger partial charge is 0.465 e. The zero-order valence-electron chi connectivity index (χ0n) is 25.1. The molecule has 5 rings (SSSR count). The first-order chi connectivity index (χ1) is 20.6. The number of methoxy groups -OCH3 is 1. The Hall–Kier alpha value is -3.53. The first-order valence-electron chi connectivity index (χ1n) is 15.3. The van der Waals surface area contributed by atoms with Crippen LogP contribution in [0.5, 0.6) is 0 Å². The van der Waals surface area contributed by atoms with Gasteiger partial charge in [-0.05, 0) is 56.1 Å². The maximum Gasteiger partial charge on any atom is 0.337 e. The van der Waals surface area contributed by atoms with Gasteiger partial charge in [-0.3, -0.25) is 9.80 Å². The molecule has 0 atom stereocenters. The van der Waals surface area contributed by atoms with Gasteiger partial charge in [0.2, 0.25) is 0 Å². The molecule has 224 valence electrons. The van der Waals surface area contributed by atoms with E-state index in [-0.39, 0.29) is 5.97 Å². The molecular formula is C33H44N6O3. The average Bonchev–Trinajstić information content (AvgIpc) is 3.39. The number of hydrogen-bond donors (Lipinski definition) is 1. The fourth-order valence-corrected chi connectivity index (χ4v) is 5.91. The quantitative estimate of drug-likeness (QED) is 0.213. The van der Waals surface area contributed by atoms with Gasteiger partial charge in [0.25, 0.3) is 0 Å². The Kier molecular flexibility index (Phi) is 10.4. The van der Waals surface area contributed by atoms with Gasteiger partial charge in [-0.2, -0.15) is 0 Å². The molecule has 0 spiro atoms. The Bertz CT molecular complexity index is 1480. The molecule has 0 bridgehead atoms. The van der Waals surface area contributed by atoms with E-state index in [0.717, 1.165) is 124 Å². The molecule has 4 aromatic rings. The number of anilines is 1. The number of benzene rings is 2. The molecule has 0 amide bonds. The number of carbonyl (C=O) groups excluding carboxylic acids is 1. The van der Waals surface area contributed by atoms with Gasteiger partial charge >= 0.3 is 5.97 Å². The average molecular weight is 573 g/mol. The number of ether oxygens (including phenoxy) is 2. The minimum atomic E-state index is -0.302. The molecule has 2 N–H and O–H groups in total. The zero-order valence-corrected chi connectivity index (χ0v) is 25.1. The van der Waals surface area contributed by atoms with Crippen molar-refractivity contribution in [1.29, 1.82) is 0 Å². The fourth-order valence-electron chi connectivity index (χ4n) is 5.91. The van der Waals surface area contributed by atoms with Crippen LogP contribution in [0.3, 0.4) is 0 Å². The first kappa shape index (κ1) is 29.9. The molecule has 0 saturated carbocycles. The molecule has 1 saturated heterocycles. The second-order valence-corrected chi connectivity index (χ2v) is 11.1. The summed E-state index contributed by atoms with van der Waals surface area (Å²) in [6.45, 7) is 10.4. The number of carbonyl (C=O) groups is 1. The van der Waals surface area contributed by atoms with Crippen LogP contribution in [0.1, 0.15) is 54.4 Å². The molecule has 2 aromatic carbocycles. The minimum absolute atomic E-state index is 0.302. The summed E-state index contributed by atoms with van der Waals surface area (Å²) in [5, 5.41) is 1.10. The topological polar surface area (TPSA) is 98.7 Å². The number of imidazole rings is 1. The molecule has 9 heteroatoms. The maximum atomic E-state index is 12.2. The highest BCUT2D eigenvalue weighted by Crippen LogP contribution is 2.29. The van der Waals surface area contributed by atoms with Crippen LogP contribution in [0.25, 0.3) is 21.9 Å². The predicted octanol–water partition coefficient (Wildman–Crippen LogP) is 4.91. The van der Waals surface area contributed by atoms with Crippen molar-refractivity contribution in [3.8, 4) is 0 Å². The molecule has 2 aromatic heterocycles. The number of fused-ring (bicyclic) bond motifs is 3. The molecule has 3 heterocycles. The predicted molar refractivity (Wildman–Crippen MR) is 168 cm³/mol. The van der Waals surface area contributed by atoms with Crippen molar-refractivity contribution < 1.29 is 14.3 Å². The number of rotatable bonds is 14. The number of hydrogen-bond acceptors (Lipinski definition) is 8. The van der Waals surface area contributed by atoms with Gasteiger partial charge < -0.3 is 19.8 Å². The van der Waals surface area contributed by atoms with E-state index in [2.05, 4.69) is 44.5 Å². The Morgan fingerprint density at radius 3 is 2.60 bits per heavy atom. The van der Waals surface area contributed by atoms with Crippen LogP contribution in [0, 0.1) is 0 Å². The van der Waals surface area contributed by atoms with E-state index in [0.29, 0.717) is 11.4 Å². The zero-order chi connectivity index (χ0) is 29.3. The van der Waals surface area contributed by atoms with E-state index in [4.69, 9.17) is 20.2 Å². The number of aromatic nitrogens is 3. The normalized spacial score (nSPS) is 14.3. The third-order valence-corrected chi connectivity index (χ3v) is 8.11. The minimum Gasteiger partial charge on any atom is -0.465 e. The van der Waals surface area contributed by atoms with Crippen LogP contribution >= 0.6 is 0 Å². The highest BCUT2D eigenvalue weighted by molar-refractivity contribution is 6.06. The summed E-state index contributed by atoms with van der Waals surface area (Å²) in [5.41, 5.74) is 10.9.